The average molecular weight is 315 g/mol. The average Bonchev–Trinajstić information content (AvgIpc) is 2.30. The Balaban J connectivity index is 3.26. The first kappa shape index (κ1) is 14.7. The van der Waals surface area contributed by atoms with E-state index < -0.39 is 10.8 Å². The molecule has 1 atom stereocenters. The fraction of sp³-hybridized carbons (Fsp3) is 0.385. The molecule has 0 heterocycles. The number of benzene rings is 1. The summed E-state index contributed by atoms with van der Waals surface area (Å²) < 4.78 is 5.41. The molecule has 1 rings (SSSR count). The van der Waals surface area contributed by atoms with Gasteiger partial charge in [0.15, 0.2) is 0 Å². The summed E-state index contributed by atoms with van der Waals surface area (Å²) in [6.45, 7) is 3.73. The van der Waals surface area contributed by atoms with Gasteiger partial charge >= 0.3 is 5.97 Å². The highest BCUT2D eigenvalue weighted by atomic mass is 79.9. The Labute approximate surface area is 114 Å². The first-order valence-electron chi connectivity index (χ1n) is 5.58. The van der Waals surface area contributed by atoms with Gasteiger partial charge in [0.25, 0.3) is 0 Å². The monoisotopic (exact) mass is 314 g/mol. The molecule has 0 spiro atoms. The van der Waals surface area contributed by atoms with Crippen LogP contribution in [0.3, 0.4) is 0 Å². The second kappa shape index (κ2) is 6.54. The summed E-state index contributed by atoms with van der Waals surface area (Å²) >= 11 is 3.28. The van der Waals surface area contributed by atoms with Gasteiger partial charge in [0.05, 0.1) is 17.9 Å². The number of Topliss-reactive ketones (excluding diaryl/α,β-unsaturated/α-hetero) is 1. The first-order valence-corrected chi connectivity index (χ1v) is 6.49. The molecule has 0 aliphatic heterocycles. The number of hydrogen-bond acceptors (Lipinski definition) is 3. The maximum absolute atomic E-state index is 11.4. The Kier molecular flexibility index (Phi) is 5.34. The van der Waals surface area contributed by atoms with Gasteiger partial charge < -0.3 is 9.84 Å². The Bertz CT molecular complexity index is 456. The molecule has 98 valence electrons. The molecule has 0 radical (unpaired) electrons. The summed E-state index contributed by atoms with van der Waals surface area (Å²) in [7, 11) is 0. The Morgan fingerprint density at radius 2 is 2.11 bits per heavy atom. The van der Waals surface area contributed by atoms with Crippen LogP contribution in [0.2, 0.25) is 0 Å². The van der Waals surface area contributed by atoms with Gasteiger partial charge in [0.1, 0.15) is 11.5 Å². The zero-order valence-corrected chi connectivity index (χ0v) is 11.9. The number of alkyl halides is 1. The molecular formula is C13H15BrO4. The molecule has 0 aliphatic rings. The lowest BCUT2D eigenvalue weighted by atomic mass is 9.99. The van der Waals surface area contributed by atoms with Gasteiger partial charge in [0, 0.05) is 5.56 Å². The number of hydrogen-bond donors (Lipinski definition) is 1. The van der Waals surface area contributed by atoms with Crippen LogP contribution in [-0.2, 0) is 16.0 Å². The number of carboxylic acid groups (broad SMARTS) is 1. The maximum Gasteiger partial charge on any atom is 0.307 e. The lowest BCUT2D eigenvalue weighted by molar-refractivity contribution is -0.136. The molecule has 1 unspecified atom stereocenters. The summed E-state index contributed by atoms with van der Waals surface area (Å²) in [4.78, 5) is 21.8. The van der Waals surface area contributed by atoms with E-state index in [2.05, 4.69) is 15.9 Å². The number of ether oxygens (including phenoxy) is 1. The highest BCUT2D eigenvalue weighted by Gasteiger charge is 2.21. The summed E-state index contributed by atoms with van der Waals surface area (Å²) in [6.07, 6.45) is -0.166. The van der Waals surface area contributed by atoms with Crippen molar-refractivity contribution in [3.63, 3.8) is 0 Å². The van der Waals surface area contributed by atoms with Crippen LogP contribution in [0, 0.1) is 0 Å². The number of carbonyl (C=O) groups excluding carboxylic acids is 1. The second-order valence-corrected chi connectivity index (χ2v) is 4.72. The summed E-state index contributed by atoms with van der Waals surface area (Å²) in [5.41, 5.74) is 1.19. The van der Waals surface area contributed by atoms with E-state index in [4.69, 9.17) is 9.84 Å². The lowest BCUT2D eigenvalue weighted by Crippen LogP contribution is -2.11. The minimum atomic E-state index is -0.952. The predicted octanol–water partition coefficient (Wildman–Crippen LogP) is 2.74. The van der Waals surface area contributed by atoms with Gasteiger partial charge in [-0.05, 0) is 25.5 Å². The third kappa shape index (κ3) is 3.57. The minimum Gasteiger partial charge on any atom is -0.494 e. The van der Waals surface area contributed by atoms with E-state index in [9.17, 15) is 9.59 Å². The van der Waals surface area contributed by atoms with E-state index >= 15 is 0 Å². The lowest BCUT2D eigenvalue weighted by Gasteiger charge is -2.16. The zero-order chi connectivity index (χ0) is 13.7. The molecule has 18 heavy (non-hydrogen) atoms. The number of ketones is 1. The molecule has 0 bridgehead atoms. The molecule has 0 saturated carbocycles. The van der Waals surface area contributed by atoms with Gasteiger partial charge in [-0.1, -0.05) is 28.1 Å². The summed E-state index contributed by atoms with van der Waals surface area (Å²) in [5.74, 6) is -0.509. The molecule has 0 aliphatic carbocycles. The van der Waals surface area contributed by atoms with Crippen LogP contribution in [0.1, 0.15) is 29.8 Å². The van der Waals surface area contributed by atoms with Gasteiger partial charge in [-0.25, -0.2) is 0 Å². The summed E-state index contributed by atoms with van der Waals surface area (Å²) in [5, 5.41) is 8.95. The van der Waals surface area contributed by atoms with Crippen molar-refractivity contribution in [3.8, 4) is 5.75 Å². The predicted molar refractivity (Wildman–Crippen MR) is 71.3 cm³/mol. The van der Waals surface area contributed by atoms with Crippen LogP contribution in [0.25, 0.3) is 0 Å². The van der Waals surface area contributed by atoms with Crippen molar-refractivity contribution in [1.82, 2.24) is 0 Å². The van der Waals surface area contributed by atoms with Crippen LogP contribution in [0.5, 0.6) is 5.75 Å². The molecule has 0 fully saturated rings. The fourth-order valence-electron chi connectivity index (χ4n) is 1.67. The van der Waals surface area contributed by atoms with Crippen molar-refractivity contribution in [1.29, 1.82) is 0 Å². The van der Waals surface area contributed by atoms with Crippen LogP contribution >= 0.6 is 15.9 Å². The quantitative estimate of drug-likeness (QED) is 0.820. The van der Waals surface area contributed by atoms with Crippen LogP contribution in [-0.4, -0.2) is 23.5 Å². The zero-order valence-electron chi connectivity index (χ0n) is 10.3. The third-order valence-electron chi connectivity index (χ3n) is 2.43. The van der Waals surface area contributed by atoms with Crippen molar-refractivity contribution < 1.29 is 19.4 Å². The Morgan fingerprint density at radius 1 is 1.44 bits per heavy atom. The minimum absolute atomic E-state index is 0.0738. The van der Waals surface area contributed by atoms with Crippen LogP contribution < -0.4 is 4.74 Å². The first-order chi connectivity index (χ1) is 8.47. The SMILES string of the molecule is CCOc1cccc(C(Br)C(C)=O)c1CC(=O)O. The van der Waals surface area contributed by atoms with Gasteiger partial charge in [-0.2, -0.15) is 0 Å². The van der Waals surface area contributed by atoms with Crippen molar-refractivity contribution in [3.05, 3.63) is 29.3 Å². The number of carboxylic acids is 1. The molecule has 0 saturated heterocycles. The molecule has 4 nitrogen and oxygen atoms in total. The van der Waals surface area contributed by atoms with Crippen LogP contribution in [0.4, 0.5) is 0 Å². The molecular weight excluding hydrogens is 300 g/mol. The Morgan fingerprint density at radius 3 is 2.61 bits per heavy atom. The number of aliphatic carboxylic acids is 1. The number of halogens is 1. The highest BCUT2D eigenvalue weighted by Crippen LogP contribution is 2.32. The number of rotatable bonds is 6. The largest absolute Gasteiger partial charge is 0.494 e. The topological polar surface area (TPSA) is 63.6 Å². The highest BCUT2D eigenvalue weighted by molar-refractivity contribution is 9.09. The van der Waals surface area contributed by atoms with Crippen molar-refractivity contribution >= 4 is 27.7 Å². The number of carbonyl (C=O) groups is 2. The Hall–Kier alpha value is -1.36. The third-order valence-corrected chi connectivity index (χ3v) is 3.57. The van der Waals surface area contributed by atoms with Crippen LogP contribution in [0.15, 0.2) is 18.2 Å². The molecule has 0 aromatic heterocycles. The van der Waals surface area contributed by atoms with E-state index in [-0.39, 0.29) is 12.2 Å². The van der Waals surface area contributed by atoms with Gasteiger partial charge in [-0.3, -0.25) is 9.59 Å². The molecule has 0 amide bonds. The van der Waals surface area contributed by atoms with Crippen molar-refractivity contribution in [2.24, 2.45) is 0 Å². The molecule has 1 aromatic carbocycles. The maximum atomic E-state index is 11.4. The second-order valence-electron chi connectivity index (χ2n) is 3.80. The van der Waals surface area contributed by atoms with Gasteiger partial charge in [-0.15, -0.1) is 0 Å². The summed E-state index contributed by atoms with van der Waals surface area (Å²) in [6, 6.07) is 5.20. The molecule has 5 heteroatoms. The fourth-order valence-corrected chi connectivity index (χ4v) is 2.10. The molecule has 1 aromatic rings. The smallest absolute Gasteiger partial charge is 0.307 e. The van der Waals surface area contributed by atoms with E-state index in [0.717, 1.165) is 0 Å². The molecule has 1 N–H and O–H groups in total. The van der Waals surface area contributed by atoms with E-state index in [1.54, 1.807) is 18.2 Å². The van der Waals surface area contributed by atoms with E-state index in [0.29, 0.717) is 23.5 Å². The van der Waals surface area contributed by atoms with Crippen molar-refractivity contribution in [2.45, 2.75) is 25.1 Å². The van der Waals surface area contributed by atoms with Crippen molar-refractivity contribution in [2.75, 3.05) is 6.61 Å². The van der Waals surface area contributed by atoms with E-state index in [1.807, 2.05) is 6.92 Å². The normalized spacial score (nSPS) is 11.9. The van der Waals surface area contributed by atoms with Gasteiger partial charge in [0.2, 0.25) is 0 Å². The van der Waals surface area contributed by atoms with E-state index in [1.165, 1.54) is 6.92 Å². The standard InChI is InChI=1S/C13H15BrO4/c1-3-18-11-6-4-5-9(13(14)8(2)15)10(11)7-12(16)17/h4-6,13H,3,7H2,1-2H3,(H,16,17).